The Morgan fingerprint density at radius 3 is 2.57 bits per heavy atom. The van der Waals surface area contributed by atoms with Gasteiger partial charge in [0.05, 0.1) is 18.0 Å². The van der Waals surface area contributed by atoms with Crippen molar-refractivity contribution in [3.8, 4) is 5.88 Å². The largest absolute Gasteiger partial charge is 0.478 e. The molecule has 0 aliphatic heterocycles. The molecule has 0 bridgehead atoms. The number of sulfone groups is 1. The molecule has 28 heavy (non-hydrogen) atoms. The third kappa shape index (κ3) is 6.53. The average Bonchev–Trinajstić information content (AvgIpc) is 2.63. The van der Waals surface area contributed by atoms with E-state index in [4.69, 9.17) is 4.74 Å². The zero-order valence-electron chi connectivity index (χ0n) is 16.8. The van der Waals surface area contributed by atoms with E-state index in [0.29, 0.717) is 36.4 Å². The number of hydrogen-bond acceptors (Lipinski definition) is 5. The maximum Gasteiger partial charge on any atom is 0.213 e. The van der Waals surface area contributed by atoms with Crippen LogP contribution < -0.4 is 15.4 Å². The Balaban J connectivity index is 2.06. The molecule has 0 atom stereocenters. The zero-order chi connectivity index (χ0) is 20.6. The summed E-state index contributed by atoms with van der Waals surface area (Å²) in [5.74, 6) is 1.28. The molecule has 0 fully saturated rings. The summed E-state index contributed by atoms with van der Waals surface area (Å²) in [6, 6.07) is 9.12. The minimum Gasteiger partial charge on any atom is -0.478 e. The molecule has 1 aromatic carbocycles. The molecular formula is C20H28N4O3S. The molecule has 152 valence electrons. The van der Waals surface area contributed by atoms with Gasteiger partial charge in [0.15, 0.2) is 15.8 Å². The van der Waals surface area contributed by atoms with E-state index in [2.05, 4.69) is 20.6 Å². The SMILES string of the molecule is CCNC(=NCc1ccc(S(C)(=O)=O)c(C)c1)NCc1ccnc(OCC)c1. The van der Waals surface area contributed by atoms with Crippen LogP contribution in [0.2, 0.25) is 0 Å². The number of benzene rings is 1. The van der Waals surface area contributed by atoms with Crippen molar-refractivity contribution in [3.63, 3.8) is 0 Å². The predicted octanol–water partition coefficient (Wildman–Crippen LogP) is 2.45. The highest BCUT2D eigenvalue weighted by Gasteiger charge is 2.10. The van der Waals surface area contributed by atoms with E-state index in [1.165, 1.54) is 6.26 Å². The molecule has 0 aliphatic rings. The van der Waals surface area contributed by atoms with Crippen molar-refractivity contribution in [1.29, 1.82) is 0 Å². The van der Waals surface area contributed by atoms with Gasteiger partial charge < -0.3 is 15.4 Å². The number of aromatic nitrogens is 1. The number of rotatable bonds is 8. The third-order valence-electron chi connectivity index (χ3n) is 3.95. The van der Waals surface area contributed by atoms with Gasteiger partial charge in [-0.25, -0.2) is 18.4 Å². The second kappa shape index (κ2) is 10.1. The van der Waals surface area contributed by atoms with Crippen molar-refractivity contribution in [1.82, 2.24) is 15.6 Å². The fraction of sp³-hybridized carbons (Fsp3) is 0.400. The number of aryl methyl sites for hydroxylation is 1. The number of nitrogens with zero attached hydrogens (tertiary/aromatic N) is 2. The van der Waals surface area contributed by atoms with Crippen LogP contribution in [0.1, 0.15) is 30.5 Å². The van der Waals surface area contributed by atoms with Crippen molar-refractivity contribution in [3.05, 3.63) is 53.2 Å². The molecule has 2 rings (SSSR count). The normalized spacial score (nSPS) is 11.9. The Kier molecular flexibility index (Phi) is 7.80. The van der Waals surface area contributed by atoms with Crippen molar-refractivity contribution >= 4 is 15.8 Å². The Morgan fingerprint density at radius 1 is 1.14 bits per heavy atom. The van der Waals surface area contributed by atoms with Crippen LogP contribution in [0, 0.1) is 6.92 Å². The van der Waals surface area contributed by atoms with Gasteiger partial charge in [-0.3, -0.25) is 0 Å². The molecule has 0 amide bonds. The first-order valence-corrected chi connectivity index (χ1v) is 11.1. The summed E-state index contributed by atoms with van der Waals surface area (Å²) in [5.41, 5.74) is 2.72. The molecule has 0 saturated carbocycles. The summed E-state index contributed by atoms with van der Waals surface area (Å²) < 4.78 is 28.9. The van der Waals surface area contributed by atoms with E-state index in [9.17, 15) is 8.42 Å². The van der Waals surface area contributed by atoms with E-state index in [1.54, 1.807) is 25.3 Å². The number of guanidine groups is 1. The number of hydrogen-bond donors (Lipinski definition) is 2. The first-order chi connectivity index (χ1) is 13.3. The molecule has 0 spiro atoms. The van der Waals surface area contributed by atoms with Crippen molar-refractivity contribution in [2.45, 2.75) is 38.8 Å². The van der Waals surface area contributed by atoms with Crippen LogP contribution in [0.25, 0.3) is 0 Å². The van der Waals surface area contributed by atoms with Crippen molar-refractivity contribution in [2.75, 3.05) is 19.4 Å². The summed E-state index contributed by atoms with van der Waals surface area (Å²) in [6.45, 7) is 8.06. The lowest BCUT2D eigenvalue weighted by atomic mass is 10.1. The smallest absolute Gasteiger partial charge is 0.213 e. The third-order valence-corrected chi connectivity index (χ3v) is 5.21. The summed E-state index contributed by atoms with van der Waals surface area (Å²) in [6.07, 6.45) is 2.94. The predicted molar refractivity (Wildman–Crippen MR) is 111 cm³/mol. The number of ether oxygens (including phenoxy) is 1. The Hall–Kier alpha value is -2.61. The van der Waals surface area contributed by atoms with E-state index in [1.807, 2.05) is 32.0 Å². The molecule has 0 unspecified atom stereocenters. The van der Waals surface area contributed by atoms with Gasteiger partial charge >= 0.3 is 0 Å². The second-order valence-corrected chi connectivity index (χ2v) is 8.34. The van der Waals surface area contributed by atoms with Crippen LogP contribution in [-0.2, 0) is 22.9 Å². The first kappa shape index (κ1) is 21.7. The van der Waals surface area contributed by atoms with Crippen LogP contribution in [-0.4, -0.2) is 38.8 Å². The number of pyridine rings is 1. The van der Waals surface area contributed by atoms with Gasteiger partial charge in [0.25, 0.3) is 0 Å². The Morgan fingerprint density at radius 2 is 1.93 bits per heavy atom. The topological polar surface area (TPSA) is 92.7 Å². The van der Waals surface area contributed by atoms with Crippen LogP contribution >= 0.6 is 0 Å². The number of nitrogens with one attached hydrogen (secondary N) is 2. The zero-order valence-corrected chi connectivity index (χ0v) is 17.6. The van der Waals surface area contributed by atoms with E-state index in [-0.39, 0.29) is 0 Å². The Bertz CT molecular complexity index is 927. The van der Waals surface area contributed by atoms with Crippen molar-refractivity contribution in [2.24, 2.45) is 4.99 Å². The molecule has 0 radical (unpaired) electrons. The Labute approximate surface area is 167 Å². The van der Waals surface area contributed by atoms with Crippen LogP contribution in [0.15, 0.2) is 46.4 Å². The van der Waals surface area contributed by atoms with E-state index >= 15 is 0 Å². The lowest BCUT2D eigenvalue weighted by Crippen LogP contribution is -2.36. The van der Waals surface area contributed by atoms with Gasteiger partial charge in [-0.2, -0.15) is 0 Å². The summed E-state index contributed by atoms with van der Waals surface area (Å²) in [5, 5.41) is 6.50. The lowest BCUT2D eigenvalue weighted by Gasteiger charge is -2.12. The fourth-order valence-electron chi connectivity index (χ4n) is 2.71. The average molecular weight is 405 g/mol. The monoisotopic (exact) mass is 404 g/mol. The molecule has 0 aliphatic carbocycles. The molecule has 0 saturated heterocycles. The summed E-state index contributed by atoms with van der Waals surface area (Å²) >= 11 is 0. The second-order valence-electron chi connectivity index (χ2n) is 6.36. The fourth-order valence-corrected chi connectivity index (χ4v) is 3.67. The maximum absolute atomic E-state index is 11.7. The highest BCUT2D eigenvalue weighted by Crippen LogP contribution is 2.17. The van der Waals surface area contributed by atoms with E-state index in [0.717, 1.165) is 23.2 Å². The van der Waals surface area contributed by atoms with Gasteiger partial charge in [0, 0.05) is 31.6 Å². The highest BCUT2D eigenvalue weighted by atomic mass is 32.2. The van der Waals surface area contributed by atoms with Gasteiger partial charge in [-0.05, 0) is 49.6 Å². The lowest BCUT2D eigenvalue weighted by molar-refractivity contribution is 0.326. The summed E-state index contributed by atoms with van der Waals surface area (Å²) in [4.78, 5) is 9.11. The van der Waals surface area contributed by atoms with Crippen LogP contribution in [0.5, 0.6) is 5.88 Å². The maximum atomic E-state index is 11.7. The molecule has 1 aromatic heterocycles. The standard InChI is InChI=1S/C20H28N4O3S/c1-5-21-20(24-14-17-9-10-22-19(12-17)27-6-2)23-13-16-7-8-18(15(3)11-16)28(4,25)26/h7-12H,5-6,13-14H2,1-4H3,(H2,21,23,24). The van der Waals surface area contributed by atoms with Crippen LogP contribution in [0.3, 0.4) is 0 Å². The molecular weight excluding hydrogens is 376 g/mol. The van der Waals surface area contributed by atoms with Crippen LogP contribution in [0.4, 0.5) is 0 Å². The molecule has 2 aromatic rings. The van der Waals surface area contributed by atoms with Gasteiger partial charge in [-0.1, -0.05) is 12.1 Å². The first-order valence-electron chi connectivity index (χ1n) is 9.23. The minimum atomic E-state index is -3.21. The molecule has 2 N–H and O–H groups in total. The quantitative estimate of drug-likeness (QED) is 0.519. The molecule has 8 heteroatoms. The number of aliphatic imine (C=N–C) groups is 1. The van der Waals surface area contributed by atoms with Gasteiger partial charge in [-0.15, -0.1) is 0 Å². The molecule has 1 heterocycles. The molecule has 7 nitrogen and oxygen atoms in total. The van der Waals surface area contributed by atoms with Crippen molar-refractivity contribution < 1.29 is 13.2 Å². The highest BCUT2D eigenvalue weighted by molar-refractivity contribution is 7.90. The minimum absolute atomic E-state index is 0.355. The van der Waals surface area contributed by atoms with Gasteiger partial charge in [0.2, 0.25) is 5.88 Å². The van der Waals surface area contributed by atoms with Gasteiger partial charge in [0.1, 0.15) is 0 Å². The van der Waals surface area contributed by atoms with E-state index < -0.39 is 9.84 Å². The summed E-state index contributed by atoms with van der Waals surface area (Å²) in [7, 11) is -3.21.